The van der Waals surface area contributed by atoms with Gasteiger partial charge >= 0.3 is 5.97 Å². The van der Waals surface area contributed by atoms with Crippen LogP contribution in [0.1, 0.15) is 33.8 Å². The second-order valence-corrected chi connectivity index (χ2v) is 4.99. The van der Waals surface area contributed by atoms with Gasteiger partial charge in [0.2, 0.25) is 0 Å². The molecule has 0 aromatic heterocycles. The lowest BCUT2D eigenvalue weighted by Crippen LogP contribution is -2.17. The van der Waals surface area contributed by atoms with Crippen LogP contribution in [0, 0.1) is 0 Å². The Hall–Kier alpha value is -2.49. The van der Waals surface area contributed by atoms with Gasteiger partial charge in [0.25, 0.3) is 0 Å². The first-order valence-electron chi connectivity index (χ1n) is 6.83. The summed E-state index contributed by atoms with van der Waals surface area (Å²) in [5, 5.41) is 9.38. The van der Waals surface area contributed by atoms with E-state index in [2.05, 4.69) is 0 Å². The summed E-state index contributed by atoms with van der Waals surface area (Å²) in [6.45, 7) is 0.568. The van der Waals surface area contributed by atoms with Crippen LogP contribution in [0.25, 0.3) is 0 Å². The molecule has 0 radical (unpaired) electrons. The van der Waals surface area contributed by atoms with Crippen molar-refractivity contribution in [2.75, 3.05) is 13.7 Å². The minimum atomic E-state index is -0.896. The molecule has 4 heteroatoms. The fourth-order valence-corrected chi connectivity index (χ4v) is 2.82. The number of carboxylic acids is 1. The van der Waals surface area contributed by atoms with E-state index in [1.165, 1.54) is 0 Å². The fraction of sp³-hybridized carbons (Fsp3) is 0.235. The maximum absolute atomic E-state index is 11.4. The highest BCUT2D eigenvalue weighted by Crippen LogP contribution is 2.40. The summed E-state index contributed by atoms with van der Waals surface area (Å²) in [6.07, 6.45) is 0.767. The highest BCUT2D eigenvalue weighted by molar-refractivity contribution is 5.89. The molecule has 1 heterocycles. The van der Waals surface area contributed by atoms with Crippen molar-refractivity contribution < 1.29 is 19.4 Å². The lowest BCUT2D eigenvalue weighted by Gasteiger charge is -2.27. The molecule has 0 spiro atoms. The van der Waals surface area contributed by atoms with Crippen molar-refractivity contribution in [1.29, 1.82) is 0 Å². The van der Waals surface area contributed by atoms with Crippen LogP contribution in [0.5, 0.6) is 11.5 Å². The second kappa shape index (κ2) is 5.48. The zero-order valence-corrected chi connectivity index (χ0v) is 11.7. The molecule has 0 bridgehead atoms. The maximum atomic E-state index is 11.4. The zero-order valence-electron chi connectivity index (χ0n) is 11.7. The van der Waals surface area contributed by atoms with Gasteiger partial charge < -0.3 is 14.6 Å². The zero-order chi connectivity index (χ0) is 14.8. The Morgan fingerprint density at radius 1 is 1.24 bits per heavy atom. The third-order valence-electron chi connectivity index (χ3n) is 3.83. The Labute approximate surface area is 122 Å². The number of carboxylic acid groups (broad SMARTS) is 1. The van der Waals surface area contributed by atoms with Gasteiger partial charge in [0.15, 0.2) is 0 Å². The van der Waals surface area contributed by atoms with E-state index in [1.807, 2.05) is 30.3 Å². The quantitative estimate of drug-likeness (QED) is 0.939. The summed E-state index contributed by atoms with van der Waals surface area (Å²) in [7, 11) is 1.61. The molecule has 2 aromatic carbocycles. The predicted molar refractivity (Wildman–Crippen MR) is 78.4 cm³/mol. The van der Waals surface area contributed by atoms with Crippen molar-refractivity contribution in [3.05, 3.63) is 59.2 Å². The first-order valence-corrected chi connectivity index (χ1v) is 6.83. The molecule has 0 saturated heterocycles. The minimum Gasteiger partial charge on any atom is -0.497 e. The molecule has 1 N–H and O–H groups in total. The molecule has 1 aliphatic rings. The monoisotopic (exact) mass is 284 g/mol. The third-order valence-corrected chi connectivity index (χ3v) is 3.83. The Kier molecular flexibility index (Phi) is 3.52. The van der Waals surface area contributed by atoms with Gasteiger partial charge in [-0.15, -0.1) is 0 Å². The van der Waals surface area contributed by atoms with Crippen LogP contribution in [0.3, 0.4) is 0 Å². The van der Waals surface area contributed by atoms with E-state index >= 15 is 0 Å². The van der Waals surface area contributed by atoms with Crippen LogP contribution in [-0.4, -0.2) is 24.8 Å². The Morgan fingerprint density at radius 3 is 2.81 bits per heavy atom. The topological polar surface area (TPSA) is 55.8 Å². The van der Waals surface area contributed by atoms with Gasteiger partial charge in [-0.25, -0.2) is 4.79 Å². The van der Waals surface area contributed by atoms with Crippen molar-refractivity contribution in [2.45, 2.75) is 12.3 Å². The van der Waals surface area contributed by atoms with Crippen LogP contribution < -0.4 is 9.47 Å². The predicted octanol–water partition coefficient (Wildman–Crippen LogP) is 3.31. The Morgan fingerprint density at radius 2 is 2.05 bits per heavy atom. The average molecular weight is 284 g/mol. The number of carbonyl (C=O) groups is 1. The summed E-state index contributed by atoms with van der Waals surface area (Å²) in [5.74, 6) is 0.644. The molecular formula is C17H16O4. The Balaban J connectivity index is 2.09. The fourth-order valence-electron chi connectivity index (χ4n) is 2.82. The van der Waals surface area contributed by atoms with Gasteiger partial charge in [-0.05, 0) is 24.1 Å². The molecule has 3 rings (SSSR count). The summed E-state index contributed by atoms with van der Waals surface area (Å²) in [6, 6.07) is 12.8. The van der Waals surface area contributed by atoms with E-state index in [1.54, 1.807) is 19.2 Å². The molecule has 0 amide bonds. The normalized spacial score (nSPS) is 16.7. The molecule has 4 nitrogen and oxygen atoms in total. The van der Waals surface area contributed by atoms with Gasteiger partial charge in [0.05, 0.1) is 19.3 Å². The van der Waals surface area contributed by atoms with E-state index in [4.69, 9.17) is 9.47 Å². The van der Waals surface area contributed by atoms with Gasteiger partial charge in [0.1, 0.15) is 11.5 Å². The van der Waals surface area contributed by atoms with Gasteiger partial charge in [-0.1, -0.05) is 24.3 Å². The van der Waals surface area contributed by atoms with E-state index in [0.29, 0.717) is 12.2 Å². The standard InChI is InChI=1S/C17H16O4/c1-20-11-6-7-14-13(8-9-21-16(14)10-11)12-4-2-3-5-15(12)17(18)19/h2-7,10,13H,8-9H2,1H3,(H,18,19). The van der Waals surface area contributed by atoms with E-state index in [9.17, 15) is 9.90 Å². The molecule has 108 valence electrons. The highest BCUT2D eigenvalue weighted by Gasteiger charge is 2.26. The summed E-state index contributed by atoms with van der Waals surface area (Å²) < 4.78 is 10.9. The van der Waals surface area contributed by atoms with Crippen LogP contribution in [0.4, 0.5) is 0 Å². The number of hydrogen-bond donors (Lipinski definition) is 1. The molecule has 1 atom stereocenters. The number of fused-ring (bicyclic) bond motifs is 1. The summed E-state index contributed by atoms with van der Waals surface area (Å²) in [4.78, 5) is 11.4. The smallest absolute Gasteiger partial charge is 0.335 e. The molecular weight excluding hydrogens is 268 g/mol. The second-order valence-electron chi connectivity index (χ2n) is 4.99. The van der Waals surface area contributed by atoms with Crippen molar-refractivity contribution >= 4 is 5.97 Å². The third kappa shape index (κ3) is 2.44. The molecule has 2 aromatic rings. The highest BCUT2D eigenvalue weighted by atomic mass is 16.5. The minimum absolute atomic E-state index is 0.0342. The van der Waals surface area contributed by atoms with Crippen LogP contribution in [-0.2, 0) is 0 Å². The van der Waals surface area contributed by atoms with Crippen molar-refractivity contribution in [2.24, 2.45) is 0 Å². The number of benzene rings is 2. The lowest BCUT2D eigenvalue weighted by molar-refractivity contribution is 0.0695. The van der Waals surface area contributed by atoms with E-state index in [0.717, 1.165) is 29.0 Å². The number of methoxy groups -OCH3 is 1. The SMILES string of the molecule is COc1ccc2c(c1)OCCC2c1ccccc1C(=O)O. The van der Waals surface area contributed by atoms with E-state index < -0.39 is 5.97 Å². The number of aromatic carboxylic acids is 1. The van der Waals surface area contributed by atoms with Crippen LogP contribution >= 0.6 is 0 Å². The first-order chi connectivity index (χ1) is 10.2. The molecule has 0 aliphatic carbocycles. The molecule has 0 fully saturated rings. The van der Waals surface area contributed by atoms with Gasteiger partial charge in [0, 0.05) is 17.5 Å². The van der Waals surface area contributed by atoms with Crippen molar-refractivity contribution in [3.63, 3.8) is 0 Å². The molecule has 0 saturated carbocycles. The summed E-state index contributed by atoms with van der Waals surface area (Å²) >= 11 is 0. The lowest BCUT2D eigenvalue weighted by atomic mass is 9.84. The summed E-state index contributed by atoms with van der Waals surface area (Å²) in [5.41, 5.74) is 2.20. The maximum Gasteiger partial charge on any atom is 0.335 e. The van der Waals surface area contributed by atoms with Gasteiger partial charge in [-0.3, -0.25) is 0 Å². The van der Waals surface area contributed by atoms with E-state index in [-0.39, 0.29) is 5.92 Å². The van der Waals surface area contributed by atoms with Crippen molar-refractivity contribution in [1.82, 2.24) is 0 Å². The first kappa shape index (κ1) is 13.5. The molecule has 21 heavy (non-hydrogen) atoms. The molecule has 1 unspecified atom stereocenters. The average Bonchev–Trinajstić information content (AvgIpc) is 2.53. The molecule has 1 aliphatic heterocycles. The number of hydrogen-bond acceptors (Lipinski definition) is 3. The largest absolute Gasteiger partial charge is 0.497 e. The number of ether oxygens (including phenoxy) is 2. The van der Waals surface area contributed by atoms with Crippen molar-refractivity contribution in [3.8, 4) is 11.5 Å². The van der Waals surface area contributed by atoms with Crippen LogP contribution in [0.2, 0.25) is 0 Å². The Bertz CT molecular complexity index is 678. The van der Waals surface area contributed by atoms with Crippen LogP contribution in [0.15, 0.2) is 42.5 Å². The number of rotatable bonds is 3. The van der Waals surface area contributed by atoms with Gasteiger partial charge in [-0.2, -0.15) is 0 Å².